The lowest BCUT2D eigenvalue weighted by atomic mass is 10.1. The number of ketones is 1. The minimum absolute atomic E-state index is 0.112. The Morgan fingerprint density at radius 3 is 2.75 bits per heavy atom. The van der Waals surface area contributed by atoms with E-state index in [1.165, 1.54) is 16.9 Å². The van der Waals surface area contributed by atoms with Gasteiger partial charge in [-0.1, -0.05) is 24.3 Å². The molecule has 0 spiro atoms. The smallest absolute Gasteiger partial charge is 0.256 e. The van der Waals surface area contributed by atoms with Crippen LogP contribution in [-0.2, 0) is 4.79 Å². The molecule has 1 saturated heterocycles. The topological polar surface area (TPSA) is 87.2 Å². The molecule has 0 unspecified atom stereocenters. The Labute approximate surface area is 162 Å². The third kappa shape index (κ3) is 3.03. The molecule has 7 nitrogen and oxygen atoms in total. The predicted octanol–water partition coefficient (Wildman–Crippen LogP) is 1.50. The Morgan fingerprint density at radius 2 is 1.96 bits per heavy atom. The Balaban J connectivity index is 1.72. The molecule has 2 amide bonds. The van der Waals surface area contributed by atoms with Gasteiger partial charge in [0.05, 0.1) is 31.0 Å². The minimum Gasteiger partial charge on any atom is -0.497 e. The van der Waals surface area contributed by atoms with Crippen LogP contribution < -0.4 is 9.64 Å². The van der Waals surface area contributed by atoms with Gasteiger partial charge >= 0.3 is 0 Å². The highest BCUT2D eigenvalue weighted by Gasteiger charge is 2.45. The van der Waals surface area contributed by atoms with Crippen LogP contribution >= 0.6 is 0 Å². The van der Waals surface area contributed by atoms with Gasteiger partial charge in [-0.2, -0.15) is 0 Å². The van der Waals surface area contributed by atoms with Crippen LogP contribution in [0.15, 0.2) is 48.5 Å². The first-order valence-corrected chi connectivity index (χ1v) is 9.06. The van der Waals surface area contributed by atoms with E-state index < -0.39 is 12.1 Å². The molecule has 2 aromatic rings. The summed E-state index contributed by atoms with van der Waals surface area (Å²) in [5, 5.41) is 9.99. The number of methoxy groups -OCH3 is 1. The molecule has 0 aromatic heterocycles. The van der Waals surface area contributed by atoms with Crippen molar-refractivity contribution in [2.24, 2.45) is 0 Å². The predicted molar refractivity (Wildman–Crippen MR) is 102 cm³/mol. The van der Waals surface area contributed by atoms with Crippen molar-refractivity contribution in [1.82, 2.24) is 4.90 Å². The Hall–Kier alpha value is -3.19. The van der Waals surface area contributed by atoms with Crippen LogP contribution in [0.25, 0.3) is 0 Å². The number of para-hydroxylation sites is 1. The number of amides is 2. The van der Waals surface area contributed by atoms with Gasteiger partial charge in [-0.15, -0.1) is 0 Å². The molecule has 1 N–H and O–H groups in total. The second-order valence-electron chi connectivity index (χ2n) is 6.96. The lowest BCUT2D eigenvalue weighted by molar-refractivity contribution is -0.122. The maximum absolute atomic E-state index is 13.2. The second kappa shape index (κ2) is 7.09. The van der Waals surface area contributed by atoms with Crippen LogP contribution in [0, 0.1) is 0 Å². The van der Waals surface area contributed by atoms with Gasteiger partial charge < -0.3 is 19.6 Å². The first-order chi connectivity index (χ1) is 13.5. The number of aliphatic hydroxyl groups excluding tert-OH is 1. The minimum atomic E-state index is -0.770. The van der Waals surface area contributed by atoms with Crippen LogP contribution in [0.3, 0.4) is 0 Å². The highest BCUT2D eigenvalue weighted by Crippen LogP contribution is 2.32. The molecule has 0 radical (unpaired) electrons. The first kappa shape index (κ1) is 18.2. The van der Waals surface area contributed by atoms with Crippen LogP contribution in [-0.4, -0.2) is 59.9 Å². The molecule has 0 bridgehead atoms. The van der Waals surface area contributed by atoms with Crippen molar-refractivity contribution in [1.29, 1.82) is 0 Å². The van der Waals surface area contributed by atoms with Gasteiger partial charge in [0, 0.05) is 18.5 Å². The molecular weight excluding hydrogens is 360 g/mol. The van der Waals surface area contributed by atoms with Gasteiger partial charge in [0.2, 0.25) is 5.91 Å². The molecule has 2 aliphatic heterocycles. The molecular formula is C21H20N2O5. The summed E-state index contributed by atoms with van der Waals surface area (Å²) in [5.41, 5.74) is 1.19. The van der Waals surface area contributed by atoms with Crippen molar-refractivity contribution in [2.45, 2.75) is 18.6 Å². The quantitative estimate of drug-likeness (QED) is 0.813. The van der Waals surface area contributed by atoms with Crippen LogP contribution in [0.1, 0.15) is 27.1 Å². The number of ether oxygens (including phenoxy) is 1. The number of aliphatic hydroxyl groups is 1. The van der Waals surface area contributed by atoms with Crippen molar-refractivity contribution < 1.29 is 24.2 Å². The summed E-state index contributed by atoms with van der Waals surface area (Å²) in [5.74, 6) is -0.372. The number of Topliss-reactive ketones (excluding diaryl/α,β-unsaturated/α-hetero) is 1. The third-order valence-electron chi connectivity index (χ3n) is 5.21. The number of hydrogen-bond donors (Lipinski definition) is 1. The fraction of sp³-hybridized carbons (Fsp3) is 0.286. The van der Waals surface area contributed by atoms with Crippen molar-refractivity contribution in [3.63, 3.8) is 0 Å². The van der Waals surface area contributed by atoms with E-state index in [0.717, 1.165) is 0 Å². The van der Waals surface area contributed by atoms with Gasteiger partial charge in [-0.25, -0.2) is 0 Å². The summed E-state index contributed by atoms with van der Waals surface area (Å²) in [6.45, 7) is -0.0853. The lowest BCUT2D eigenvalue weighted by Crippen LogP contribution is -2.46. The molecule has 2 aliphatic rings. The van der Waals surface area contributed by atoms with Gasteiger partial charge in [0.15, 0.2) is 5.78 Å². The maximum atomic E-state index is 13.2. The molecule has 0 saturated carbocycles. The number of rotatable bonds is 4. The van der Waals surface area contributed by atoms with Crippen LogP contribution in [0.2, 0.25) is 0 Å². The monoisotopic (exact) mass is 380 g/mol. The summed E-state index contributed by atoms with van der Waals surface area (Å²) < 4.78 is 5.16. The fourth-order valence-corrected chi connectivity index (χ4v) is 3.81. The average molecular weight is 380 g/mol. The summed E-state index contributed by atoms with van der Waals surface area (Å²) in [7, 11) is 1.52. The molecule has 0 aliphatic carbocycles. The first-order valence-electron chi connectivity index (χ1n) is 9.06. The number of benzene rings is 2. The Kier molecular flexibility index (Phi) is 4.60. The van der Waals surface area contributed by atoms with Gasteiger partial charge in [-0.05, 0) is 24.3 Å². The van der Waals surface area contributed by atoms with E-state index in [0.29, 0.717) is 22.6 Å². The number of fused-ring (bicyclic) bond motifs is 2. The van der Waals surface area contributed by atoms with Crippen molar-refractivity contribution in [3.8, 4) is 5.75 Å². The zero-order valence-corrected chi connectivity index (χ0v) is 15.4. The van der Waals surface area contributed by atoms with Crippen LogP contribution in [0.4, 0.5) is 5.69 Å². The van der Waals surface area contributed by atoms with E-state index in [9.17, 15) is 19.5 Å². The molecule has 2 aromatic carbocycles. The maximum Gasteiger partial charge on any atom is 0.256 e. The van der Waals surface area contributed by atoms with Crippen molar-refractivity contribution in [3.05, 3.63) is 59.7 Å². The molecule has 4 rings (SSSR count). The fourth-order valence-electron chi connectivity index (χ4n) is 3.81. The van der Waals surface area contributed by atoms with E-state index in [1.807, 2.05) is 0 Å². The summed E-state index contributed by atoms with van der Waals surface area (Å²) in [6, 6.07) is 12.7. The number of carbonyl (C=O) groups is 3. The molecule has 144 valence electrons. The van der Waals surface area contributed by atoms with Gasteiger partial charge in [0.25, 0.3) is 5.91 Å². The lowest BCUT2D eigenvalue weighted by Gasteiger charge is -2.25. The van der Waals surface area contributed by atoms with Crippen molar-refractivity contribution in [2.75, 3.05) is 25.1 Å². The van der Waals surface area contributed by atoms with Crippen molar-refractivity contribution >= 4 is 23.3 Å². The molecule has 2 atom stereocenters. The zero-order chi connectivity index (χ0) is 19.8. The van der Waals surface area contributed by atoms with Gasteiger partial charge in [-0.3, -0.25) is 14.4 Å². The number of nitrogens with zero attached hydrogens (tertiary/aromatic N) is 2. The zero-order valence-electron chi connectivity index (χ0n) is 15.4. The largest absolute Gasteiger partial charge is 0.497 e. The van der Waals surface area contributed by atoms with E-state index in [2.05, 4.69) is 0 Å². The summed E-state index contributed by atoms with van der Waals surface area (Å²) >= 11 is 0. The highest BCUT2D eigenvalue weighted by atomic mass is 16.5. The molecule has 28 heavy (non-hydrogen) atoms. The third-order valence-corrected chi connectivity index (χ3v) is 5.21. The average Bonchev–Trinajstić information content (AvgIpc) is 3.09. The summed E-state index contributed by atoms with van der Waals surface area (Å²) in [6.07, 6.45) is -0.582. The standard InChI is InChI=1S/C21H20N2O5/c1-28-15-6-4-5-13(9-15)19(25)12-23-17-8-3-2-7-16(17)20(26)22-11-14(24)10-18(22)21(23)27/h2-9,14,18,24H,10-12H2,1H3/t14-,18-/m0/s1. The highest BCUT2D eigenvalue weighted by molar-refractivity contribution is 6.14. The number of anilines is 1. The Bertz CT molecular complexity index is 957. The van der Waals surface area contributed by atoms with Gasteiger partial charge in [0.1, 0.15) is 11.8 Å². The van der Waals surface area contributed by atoms with E-state index in [1.54, 1.807) is 48.5 Å². The molecule has 7 heteroatoms. The van der Waals surface area contributed by atoms with E-state index in [-0.39, 0.29) is 37.1 Å². The number of carbonyl (C=O) groups excluding carboxylic acids is 3. The second-order valence-corrected chi connectivity index (χ2v) is 6.96. The van der Waals surface area contributed by atoms with E-state index >= 15 is 0 Å². The van der Waals surface area contributed by atoms with Crippen LogP contribution in [0.5, 0.6) is 5.75 Å². The summed E-state index contributed by atoms with van der Waals surface area (Å²) in [4.78, 5) is 41.8. The molecule has 2 heterocycles. The molecule has 1 fully saturated rings. The SMILES string of the molecule is COc1cccc(C(=O)CN2C(=O)[C@@H]3C[C@H](O)CN3C(=O)c3ccccc32)c1. The normalized spacial score (nSPS) is 21.2. The Morgan fingerprint density at radius 1 is 1.18 bits per heavy atom. The number of hydrogen-bond acceptors (Lipinski definition) is 5. The van der Waals surface area contributed by atoms with E-state index in [4.69, 9.17) is 4.74 Å².